The van der Waals surface area contributed by atoms with E-state index in [0.717, 1.165) is 24.3 Å². The van der Waals surface area contributed by atoms with Crippen molar-refractivity contribution in [3.05, 3.63) is 53.9 Å². The van der Waals surface area contributed by atoms with Crippen LogP contribution in [0.15, 0.2) is 41.5 Å². The number of aliphatic imine (C=N–C) groups is 1. The molecule has 0 radical (unpaired) electrons. The van der Waals surface area contributed by atoms with Gasteiger partial charge in [-0.15, -0.1) is 0 Å². The van der Waals surface area contributed by atoms with Gasteiger partial charge in [0.05, 0.1) is 13.1 Å². The molecule has 0 saturated heterocycles. The van der Waals surface area contributed by atoms with Crippen molar-refractivity contribution >= 4 is 5.96 Å². The highest BCUT2D eigenvalue weighted by Gasteiger charge is 2.08. The summed E-state index contributed by atoms with van der Waals surface area (Å²) in [7, 11) is 3.95. The standard InChI is InChI=1S/C18H24F2N4O/c1-4-21-18(24(3)13-15-6-5-10-23(15)2)22-9-11-25-17-8-7-14(19)12-16(17)20/h5-8,10,12H,4,9,11,13H2,1-3H3,(H,21,22). The highest BCUT2D eigenvalue weighted by atomic mass is 19.1. The van der Waals surface area contributed by atoms with E-state index < -0.39 is 11.6 Å². The third-order valence-corrected chi connectivity index (χ3v) is 3.65. The molecule has 25 heavy (non-hydrogen) atoms. The molecule has 0 aliphatic heterocycles. The van der Waals surface area contributed by atoms with E-state index in [1.165, 1.54) is 12.1 Å². The van der Waals surface area contributed by atoms with E-state index in [9.17, 15) is 8.78 Å². The quantitative estimate of drug-likeness (QED) is 0.474. The third kappa shape index (κ3) is 5.48. The molecule has 5 nitrogen and oxygen atoms in total. The predicted octanol–water partition coefficient (Wildman–Crippen LogP) is 2.78. The zero-order valence-corrected chi connectivity index (χ0v) is 14.8. The summed E-state index contributed by atoms with van der Waals surface area (Å²) >= 11 is 0. The first-order valence-electron chi connectivity index (χ1n) is 8.18. The average Bonchev–Trinajstić information content (AvgIpc) is 2.97. The van der Waals surface area contributed by atoms with Crippen LogP contribution in [-0.4, -0.2) is 42.2 Å². The van der Waals surface area contributed by atoms with E-state index in [-0.39, 0.29) is 12.4 Å². The van der Waals surface area contributed by atoms with Crippen LogP contribution < -0.4 is 10.1 Å². The van der Waals surface area contributed by atoms with E-state index >= 15 is 0 Å². The number of hydrogen-bond acceptors (Lipinski definition) is 2. The Morgan fingerprint density at radius 3 is 2.76 bits per heavy atom. The fraction of sp³-hybridized carbons (Fsp3) is 0.389. The van der Waals surface area contributed by atoms with Gasteiger partial charge in [-0.25, -0.2) is 13.8 Å². The molecule has 0 unspecified atom stereocenters. The van der Waals surface area contributed by atoms with E-state index in [1.807, 2.05) is 38.2 Å². The molecule has 0 bridgehead atoms. The van der Waals surface area contributed by atoms with E-state index in [2.05, 4.69) is 20.9 Å². The van der Waals surface area contributed by atoms with Gasteiger partial charge < -0.3 is 19.5 Å². The number of rotatable bonds is 7. The minimum atomic E-state index is -0.711. The summed E-state index contributed by atoms with van der Waals surface area (Å²) in [5.74, 6) is -0.568. The molecular formula is C18H24F2N4O. The van der Waals surface area contributed by atoms with Crippen LogP contribution >= 0.6 is 0 Å². The number of hydrogen-bond donors (Lipinski definition) is 1. The maximum atomic E-state index is 13.5. The Kier molecular flexibility index (Phi) is 6.80. The summed E-state index contributed by atoms with van der Waals surface area (Å²) in [6.45, 7) is 4.01. The van der Waals surface area contributed by atoms with Crippen molar-refractivity contribution in [2.45, 2.75) is 13.5 Å². The van der Waals surface area contributed by atoms with Gasteiger partial charge in [0.2, 0.25) is 0 Å². The normalized spacial score (nSPS) is 11.5. The molecule has 2 rings (SSSR count). The maximum Gasteiger partial charge on any atom is 0.194 e. The van der Waals surface area contributed by atoms with Gasteiger partial charge in [-0.1, -0.05) is 0 Å². The first-order chi connectivity index (χ1) is 12.0. The Balaban J connectivity index is 1.91. The monoisotopic (exact) mass is 350 g/mol. The molecule has 0 atom stereocenters. The van der Waals surface area contributed by atoms with Crippen LogP contribution in [0.2, 0.25) is 0 Å². The highest BCUT2D eigenvalue weighted by molar-refractivity contribution is 5.79. The van der Waals surface area contributed by atoms with Gasteiger partial charge in [0, 0.05) is 38.6 Å². The molecule has 0 fully saturated rings. The molecule has 0 amide bonds. The van der Waals surface area contributed by atoms with Gasteiger partial charge in [0.25, 0.3) is 0 Å². The van der Waals surface area contributed by atoms with Crippen molar-refractivity contribution in [1.29, 1.82) is 0 Å². The fourth-order valence-electron chi connectivity index (χ4n) is 2.35. The minimum Gasteiger partial charge on any atom is -0.489 e. The van der Waals surface area contributed by atoms with Crippen molar-refractivity contribution < 1.29 is 13.5 Å². The van der Waals surface area contributed by atoms with Crippen LogP contribution in [0, 0.1) is 11.6 Å². The Morgan fingerprint density at radius 1 is 1.32 bits per heavy atom. The summed E-state index contributed by atoms with van der Waals surface area (Å²) in [5, 5.41) is 3.22. The van der Waals surface area contributed by atoms with Gasteiger partial charge in [0.1, 0.15) is 12.4 Å². The number of halogens is 2. The average molecular weight is 350 g/mol. The number of guanidine groups is 1. The van der Waals surface area contributed by atoms with Crippen LogP contribution in [0.4, 0.5) is 8.78 Å². The summed E-state index contributed by atoms with van der Waals surface area (Å²) in [6.07, 6.45) is 2.00. The number of aromatic nitrogens is 1. The van der Waals surface area contributed by atoms with E-state index in [4.69, 9.17) is 4.74 Å². The predicted molar refractivity (Wildman–Crippen MR) is 94.7 cm³/mol. The topological polar surface area (TPSA) is 41.8 Å². The smallest absolute Gasteiger partial charge is 0.194 e. The summed E-state index contributed by atoms with van der Waals surface area (Å²) in [6, 6.07) is 7.30. The van der Waals surface area contributed by atoms with Gasteiger partial charge >= 0.3 is 0 Å². The lowest BCUT2D eigenvalue weighted by Crippen LogP contribution is -2.39. The Labute approximate surface area is 146 Å². The molecule has 1 heterocycles. The van der Waals surface area contributed by atoms with Gasteiger partial charge in [0.15, 0.2) is 17.5 Å². The second-order valence-corrected chi connectivity index (χ2v) is 5.63. The Hall–Kier alpha value is -2.57. The largest absolute Gasteiger partial charge is 0.489 e. The van der Waals surface area contributed by atoms with Crippen molar-refractivity contribution in [3.63, 3.8) is 0 Å². The minimum absolute atomic E-state index is 0.0266. The van der Waals surface area contributed by atoms with Crippen molar-refractivity contribution in [2.24, 2.45) is 12.0 Å². The first kappa shape index (κ1) is 18.8. The van der Waals surface area contributed by atoms with Crippen LogP contribution in [0.3, 0.4) is 0 Å². The zero-order chi connectivity index (χ0) is 18.2. The number of nitrogens with zero attached hydrogens (tertiary/aromatic N) is 3. The molecule has 1 aromatic carbocycles. The van der Waals surface area contributed by atoms with Crippen LogP contribution in [-0.2, 0) is 13.6 Å². The summed E-state index contributed by atoms with van der Waals surface area (Å²) in [4.78, 5) is 6.50. The molecule has 1 N–H and O–H groups in total. The molecule has 7 heteroatoms. The van der Waals surface area contributed by atoms with Gasteiger partial charge in [-0.05, 0) is 31.2 Å². The number of ether oxygens (including phenoxy) is 1. The summed E-state index contributed by atoms with van der Waals surface area (Å²) in [5.41, 5.74) is 1.16. The molecule has 0 saturated carbocycles. The highest BCUT2D eigenvalue weighted by Crippen LogP contribution is 2.17. The zero-order valence-electron chi connectivity index (χ0n) is 14.8. The molecule has 136 valence electrons. The summed E-state index contributed by atoms with van der Waals surface area (Å²) < 4.78 is 33.8. The number of benzene rings is 1. The lowest BCUT2D eigenvalue weighted by atomic mass is 10.3. The van der Waals surface area contributed by atoms with E-state index in [1.54, 1.807) is 0 Å². The fourth-order valence-corrected chi connectivity index (χ4v) is 2.35. The number of nitrogens with one attached hydrogen (secondary N) is 1. The van der Waals surface area contributed by atoms with Crippen molar-refractivity contribution in [2.75, 3.05) is 26.7 Å². The maximum absolute atomic E-state index is 13.5. The molecule has 2 aromatic rings. The second-order valence-electron chi connectivity index (χ2n) is 5.63. The van der Waals surface area contributed by atoms with Crippen molar-refractivity contribution in [3.8, 4) is 5.75 Å². The number of aryl methyl sites for hydroxylation is 1. The van der Waals surface area contributed by atoms with Crippen LogP contribution in [0.25, 0.3) is 0 Å². The lowest BCUT2D eigenvalue weighted by Gasteiger charge is -2.22. The molecule has 0 aliphatic rings. The molecule has 1 aromatic heterocycles. The second kappa shape index (κ2) is 9.05. The SMILES string of the molecule is CCNC(=NCCOc1ccc(F)cc1F)N(C)Cc1cccn1C. The van der Waals surface area contributed by atoms with Crippen molar-refractivity contribution in [1.82, 2.24) is 14.8 Å². The van der Waals surface area contributed by atoms with Gasteiger partial charge in [-0.3, -0.25) is 0 Å². The Bertz CT molecular complexity index is 715. The first-order valence-corrected chi connectivity index (χ1v) is 8.18. The lowest BCUT2D eigenvalue weighted by molar-refractivity contribution is 0.309. The Morgan fingerprint density at radius 2 is 2.12 bits per heavy atom. The van der Waals surface area contributed by atoms with Crippen LogP contribution in [0.1, 0.15) is 12.6 Å². The van der Waals surface area contributed by atoms with E-state index in [0.29, 0.717) is 13.1 Å². The third-order valence-electron chi connectivity index (χ3n) is 3.65. The molecule has 0 spiro atoms. The molecular weight excluding hydrogens is 326 g/mol. The molecule has 0 aliphatic carbocycles. The van der Waals surface area contributed by atoms with Gasteiger partial charge in [-0.2, -0.15) is 0 Å². The van der Waals surface area contributed by atoms with Crippen LogP contribution in [0.5, 0.6) is 5.75 Å².